The number of halogens is 2. The van der Waals surface area contributed by atoms with E-state index in [9.17, 15) is 8.42 Å². The summed E-state index contributed by atoms with van der Waals surface area (Å²) in [6.07, 6.45) is 0. The number of ether oxygens (including phenoxy) is 1. The summed E-state index contributed by atoms with van der Waals surface area (Å²) in [6, 6.07) is 15.9. The molecule has 7 heteroatoms. The average molecular weight is 394 g/mol. The Morgan fingerprint density at radius 3 is 2.28 bits per heavy atom. The Hall–Kier alpha value is -1.95. The molecule has 0 saturated carbocycles. The van der Waals surface area contributed by atoms with E-state index in [1.807, 2.05) is 18.2 Å². The molecule has 0 atom stereocenters. The molecular formula is C18H13Cl2NO3S. The lowest BCUT2D eigenvalue weighted by molar-refractivity contribution is 0.329. The van der Waals surface area contributed by atoms with Gasteiger partial charge in [0.2, 0.25) is 0 Å². The van der Waals surface area contributed by atoms with E-state index in [2.05, 4.69) is 0 Å². The minimum Gasteiger partial charge on any atom is -0.489 e. The Morgan fingerprint density at radius 1 is 0.920 bits per heavy atom. The third kappa shape index (κ3) is 2.63. The molecule has 0 fully saturated rings. The van der Waals surface area contributed by atoms with Crippen molar-refractivity contribution in [2.45, 2.75) is 4.90 Å². The molecule has 25 heavy (non-hydrogen) atoms. The second kappa shape index (κ2) is 6.09. The number of sulfonamides is 1. The standard InChI is InChI=1S/C18H13Cl2NO3S/c19-13-6-3-7-14(20)18(13)24-11-10-21-15-8-1-4-12-5-2-9-16(17(12)15)25(21,22)23/h1-9H,10-11H2. The fourth-order valence-electron chi connectivity index (χ4n) is 3.05. The van der Waals surface area contributed by atoms with Crippen molar-refractivity contribution in [2.24, 2.45) is 0 Å². The number of anilines is 1. The Balaban J connectivity index is 1.63. The van der Waals surface area contributed by atoms with Gasteiger partial charge in [-0.2, -0.15) is 0 Å². The van der Waals surface area contributed by atoms with Crippen molar-refractivity contribution < 1.29 is 13.2 Å². The summed E-state index contributed by atoms with van der Waals surface area (Å²) in [7, 11) is -3.59. The van der Waals surface area contributed by atoms with Gasteiger partial charge >= 0.3 is 0 Å². The van der Waals surface area contributed by atoms with E-state index in [-0.39, 0.29) is 13.2 Å². The molecule has 4 rings (SSSR count). The number of para-hydroxylation sites is 1. The van der Waals surface area contributed by atoms with Crippen molar-refractivity contribution in [3.8, 4) is 5.75 Å². The molecular weight excluding hydrogens is 381 g/mol. The molecule has 0 amide bonds. The van der Waals surface area contributed by atoms with Crippen LogP contribution in [-0.2, 0) is 10.0 Å². The van der Waals surface area contributed by atoms with Crippen molar-refractivity contribution in [3.63, 3.8) is 0 Å². The molecule has 3 aromatic carbocycles. The fraction of sp³-hybridized carbons (Fsp3) is 0.111. The van der Waals surface area contributed by atoms with Crippen molar-refractivity contribution >= 4 is 49.7 Å². The molecule has 1 aliphatic rings. The third-order valence-corrected chi connectivity index (χ3v) is 6.59. The predicted octanol–water partition coefficient (Wildman–Crippen LogP) is 4.73. The molecule has 0 saturated heterocycles. The first-order valence-corrected chi connectivity index (χ1v) is 9.81. The van der Waals surface area contributed by atoms with Crippen LogP contribution in [-0.4, -0.2) is 21.6 Å². The molecule has 0 unspecified atom stereocenters. The zero-order valence-electron chi connectivity index (χ0n) is 12.9. The minimum atomic E-state index is -3.59. The monoisotopic (exact) mass is 393 g/mol. The topological polar surface area (TPSA) is 46.6 Å². The van der Waals surface area contributed by atoms with Gasteiger partial charge in [-0.3, -0.25) is 4.31 Å². The summed E-state index contributed by atoms with van der Waals surface area (Å²) in [5.74, 6) is 0.359. The van der Waals surface area contributed by atoms with Crippen molar-refractivity contribution in [1.29, 1.82) is 0 Å². The zero-order chi connectivity index (χ0) is 17.6. The summed E-state index contributed by atoms with van der Waals surface area (Å²) in [5, 5.41) is 2.43. The highest BCUT2D eigenvalue weighted by Gasteiger charge is 2.35. The Labute approximate surface area is 155 Å². The molecule has 0 radical (unpaired) electrons. The molecule has 0 bridgehead atoms. The Kier molecular flexibility index (Phi) is 4.02. The summed E-state index contributed by atoms with van der Waals surface area (Å²) in [4.78, 5) is 0.330. The number of hydrogen-bond donors (Lipinski definition) is 0. The maximum atomic E-state index is 12.9. The fourth-order valence-corrected chi connectivity index (χ4v) is 5.25. The first kappa shape index (κ1) is 16.5. The maximum absolute atomic E-state index is 12.9. The molecule has 1 aliphatic heterocycles. The van der Waals surface area contributed by atoms with Gasteiger partial charge in [0.1, 0.15) is 6.61 Å². The third-order valence-electron chi connectivity index (χ3n) is 4.14. The van der Waals surface area contributed by atoms with Crippen LogP contribution in [0.4, 0.5) is 5.69 Å². The van der Waals surface area contributed by atoms with Gasteiger partial charge in [0.15, 0.2) is 5.75 Å². The van der Waals surface area contributed by atoms with Gasteiger partial charge in [-0.1, -0.05) is 53.5 Å². The van der Waals surface area contributed by atoms with Crippen molar-refractivity contribution in [1.82, 2.24) is 0 Å². The molecule has 0 N–H and O–H groups in total. The van der Waals surface area contributed by atoms with Gasteiger partial charge in [0, 0.05) is 5.39 Å². The first-order valence-electron chi connectivity index (χ1n) is 7.61. The lowest BCUT2D eigenvalue weighted by Gasteiger charge is -2.19. The van der Waals surface area contributed by atoms with E-state index < -0.39 is 10.0 Å². The van der Waals surface area contributed by atoms with Gasteiger partial charge in [-0.25, -0.2) is 8.42 Å². The van der Waals surface area contributed by atoms with Crippen LogP contribution in [0.2, 0.25) is 10.0 Å². The van der Waals surface area contributed by atoms with E-state index >= 15 is 0 Å². The van der Waals surface area contributed by atoms with Crippen LogP contribution in [0.1, 0.15) is 0 Å². The molecule has 0 aromatic heterocycles. The lowest BCUT2D eigenvalue weighted by Crippen LogP contribution is -2.31. The van der Waals surface area contributed by atoms with E-state index in [1.165, 1.54) is 4.31 Å². The van der Waals surface area contributed by atoms with Crippen molar-refractivity contribution in [2.75, 3.05) is 17.5 Å². The highest BCUT2D eigenvalue weighted by Crippen LogP contribution is 2.41. The van der Waals surface area contributed by atoms with Crippen molar-refractivity contribution in [3.05, 3.63) is 64.6 Å². The van der Waals surface area contributed by atoms with Gasteiger partial charge < -0.3 is 4.74 Å². The summed E-state index contributed by atoms with van der Waals surface area (Å²) >= 11 is 12.2. The van der Waals surface area contributed by atoms with Crippen LogP contribution < -0.4 is 9.04 Å². The molecule has 0 aliphatic carbocycles. The molecule has 3 aromatic rings. The van der Waals surface area contributed by atoms with Crippen LogP contribution in [0.3, 0.4) is 0 Å². The minimum absolute atomic E-state index is 0.132. The van der Waals surface area contributed by atoms with Gasteiger partial charge in [0.05, 0.1) is 27.2 Å². The second-order valence-corrected chi connectivity index (χ2v) is 8.25. The summed E-state index contributed by atoms with van der Waals surface area (Å²) < 4.78 is 32.7. The lowest BCUT2D eigenvalue weighted by atomic mass is 10.1. The number of benzene rings is 3. The highest BCUT2D eigenvalue weighted by atomic mass is 35.5. The van der Waals surface area contributed by atoms with E-state index in [0.717, 1.165) is 10.8 Å². The Bertz CT molecular complexity index is 1060. The Morgan fingerprint density at radius 2 is 1.56 bits per heavy atom. The van der Waals surface area contributed by atoms with E-state index in [0.29, 0.717) is 26.4 Å². The molecule has 128 valence electrons. The van der Waals surface area contributed by atoms with Gasteiger partial charge in [-0.15, -0.1) is 0 Å². The molecule has 0 spiro atoms. The number of rotatable bonds is 4. The summed E-state index contributed by atoms with van der Waals surface area (Å²) in [6.45, 7) is 0.296. The summed E-state index contributed by atoms with van der Waals surface area (Å²) in [5.41, 5.74) is 0.668. The van der Waals surface area contributed by atoms with Crippen LogP contribution in [0.25, 0.3) is 10.8 Å². The zero-order valence-corrected chi connectivity index (χ0v) is 15.3. The van der Waals surface area contributed by atoms with Gasteiger partial charge in [0.25, 0.3) is 10.0 Å². The van der Waals surface area contributed by atoms with Crippen LogP contribution in [0, 0.1) is 0 Å². The number of nitrogens with zero attached hydrogens (tertiary/aromatic N) is 1. The molecule has 1 heterocycles. The second-order valence-electron chi connectivity index (χ2n) is 5.61. The van der Waals surface area contributed by atoms with Crippen LogP contribution in [0.5, 0.6) is 5.75 Å². The molecule has 4 nitrogen and oxygen atoms in total. The van der Waals surface area contributed by atoms with E-state index in [4.69, 9.17) is 27.9 Å². The average Bonchev–Trinajstić information content (AvgIpc) is 2.81. The van der Waals surface area contributed by atoms with Gasteiger partial charge in [-0.05, 0) is 29.7 Å². The highest BCUT2D eigenvalue weighted by molar-refractivity contribution is 7.93. The van der Waals surface area contributed by atoms with E-state index in [1.54, 1.807) is 36.4 Å². The largest absolute Gasteiger partial charge is 0.489 e. The first-order chi connectivity index (χ1) is 12.0. The smallest absolute Gasteiger partial charge is 0.265 e. The normalized spacial score (nSPS) is 14.9. The van der Waals surface area contributed by atoms with Crippen LogP contribution in [0.15, 0.2) is 59.5 Å². The predicted molar refractivity (Wildman–Crippen MR) is 100 cm³/mol. The number of hydrogen-bond acceptors (Lipinski definition) is 3. The quantitative estimate of drug-likeness (QED) is 0.643. The SMILES string of the molecule is O=S1(=O)c2cccc3cccc(c23)N1CCOc1c(Cl)cccc1Cl. The maximum Gasteiger partial charge on any atom is 0.265 e. The van der Waals surface area contributed by atoms with Crippen LogP contribution >= 0.6 is 23.2 Å².